The van der Waals surface area contributed by atoms with Crippen LogP contribution in [0.3, 0.4) is 0 Å². The fraction of sp³-hybridized carbons (Fsp3) is 0.391. The second-order valence-corrected chi connectivity index (χ2v) is 7.82. The molecule has 0 saturated carbocycles. The Morgan fingerprint density at radius 1 is 1.10 bits per heavy atom. The van der Waals surface area contributed by atoms with E-state index in [-0.39, 0.29) is 31.0 Å². The Morgan fingerprint density at radius 2 is 1.83 bits per heavy atom. The van der Waals surface area contributed by atoms with Gasteiger partial charge in [-0.3, -0.25) is 9.59 Å². The van der Waals surface area contributed by atoms with Crippen LogP contribution < -0.4 is 14.8 Å². The second kappa shape index (κ2) is 10.9. The molecule has 0 aliphatic carbocycles. The summed E-state index contributed by atoms with van der Waals surface area (Å²) in [4.78, 5) is 27.1. The summed E-state index contributed by atoms with van der Waals surface area (Å²) in [5, 5.41) is 3.49. The van der Waals surface area contributed by atoms with Crippen LogP contribution in [0, 0.1) is 6.92 Å². The standard InChI is InChI=1S/C23H29ClN2O4/c1-15(2)25-23(28)17(4)26(13-18-7-6-8-19(12-18)29-5)22(27)14-30-20-9-10-21(24)16(3)11-20/h6-12,15,17H,13-14H2,1-5H3,(H,25,28)/t17-/m1/s1. The molecule has 0 heterocycles. The van der Waals surface area contributed by atoms with Crippen molar-refractivity contribution in [1.82, 2.24) is 10.2 Å². The number of ether oxygens (including phenoxy) is 2. The first kappa shape index (κ1) is 23.5. The Kier molecular flexibility index (Phi) is 8.54. The SMILES string of the molecule is COc1cccc(CN(C(=O)COc2ccc(Cl)c(C)c2)[C@H](C)C(=O)NC(C)C)c1. The fourth-order valence-corrected chi connectivity index (χ4v) is 3.01. The third-order valence-corrected chi connectivity index (χ3v) is 5.00. The van der Waals surface area contributed by atoms with Crippen LogP contribution >= 0.6 is 11.6 Å². The number of carbonyl (C=O) groups excluding carboxylic acids is 2. The molecule has 2 amide bonds. The number of benzene rings is 2. The Bertz CT molecular complexity index is 885. The maximum atomic E-state index is 13.0. The van der Waals surface area contributed by atoms with Gasteiger partial charge in [-0.05, 0) is 69.2 Å². The van der Waals surface area contributed by atoms with Crippen molar-refractivity contribution < 1.29 is 19.1 Å². The van der Waals surface area contributed by atoms with E-state index < -0.39 is 6.04 Å². The predicted octanol–water partition coefficient (Wildman–Crippen LogP) is 3.98. The molecular weight excluding hydrogens is 404 g/mol. The summed E-state index contributed by atoms with van der Waals surface area (Å²) < 4.78 is 10.9. The highest BCUT2D eigenvalue weighted by Crippen LogP contribution is 2.21. The van der Waals surface area contributed by atoms with Gasteiger partial charge in [0, 0.05) is 17.6 Å². The molecule has 0 bridgehead atoms. The third-order valence-electron chi connectivity index (χ3n) is 4.58. The van der Waals surface area contributed by atoms with E-state index in [1.54, 1.807) is 32.2 Å². The highest BCUT2D eigenvalue weighted by atomic mass is 35.5. The minimum absolute atomic E-state index is 0.0259. The highest BCUT2D eigenvalue weighted by Gasteiger charge is 2.27. The summed E-state index contributed by atoms with van der Waals surface area (Å²) in [5.74, 6) is 0.721. The average molecular weight is 433 g/mol. The van der Waals surface area contributed by atoms with Crippen molar-refractivity contribution in [3.05, 3.63) is 58.6 Å². The number of amides is 2. The summed E-state index contributed by atoms with van der Waals surface area (Å²) in [6.07, 6.45) is 0. The van der Waals surface area contributed by atoms with Crippen molar-refractivity contribution >= 4 is 23.4 Å². The quantitative estimate of drug-likeness (QED) is 0.650. The Morgan fingerprint density at radius 3 is 2.47 bits per heavy atom. The second-order valence-electron chi connectivity index (χ2n) is 7.41. The smallest absolute Gasteiger partial charge is 0.261 e. The molecule has 0 fully saturated rings. The lowest BCUT2D eigenvalue weighted by Crippen LogP contribution is -2.50. The molecule has 162 valence electrons. The van der Waals surface area contributed by atoms with Gasteiger partial charge in [0.05, 0.1) is 7.11 Å². The van der Waals surface area contributed by atoms with Crippen LogP contribution in [-0.2, 0) is 16.1 Å². The normalized spacial score (nSPS) is 11.7. The third kappa shape index (κ3) is 6.66. The van der Waals surface area contributed by atoms with Crippen LogP contribution in [0.2, 0.25) is 5.02 Å². The molecule has 1 N–H and O–H groups in total. The first-order valence-corrected chi connectivity index (χ1v) is 10.2. The maximum absolute atomic E-state index is 13.0. The number of hydrogen-bond donors (Lipinski definition) is 1. The zero-order valence-electron chi connectivity index (χ0n) is 18.1. The van der Waals surface area contributed by atoms with Crippen molar-refractivity contribution in [3.63, 3.8) is 0 Å². The van der Waals surface area contributed by atoms with Crippen LogP contribution in [0.4, 0.5) is 0 Å². The molecule has 2 aromatic carbocycles. The number of aryl methyl sites for hydroxylation is 1. The minimum Gasteiger partial charge on any atom is -0.497 e. The summed E-state index contributed by atoms with van der Waals surface area (Å²) >= 11 is 6.04. The minimum atomic E-state index is -0.665. The van der Waals surface area contributed by atoms with Crippen molar-refractivity contribution in [1.29, 1.82) is 0 Å². The van der Waals surface area contributed by atoms with Crippen LogP contribution in [0.25, 0.3) is 0 Å². The molecule has 0 saturated heterocycles. The largest absolute Gasteiger partial charge is 0.497 e. The summed E-state index contributed by atoms with van der Waals surface area (Å²) in [6, 6.07) is 11.9. The molecule has 0 aromatic heterocycles. The van der Waals surface area contributed by atoms with Gasteiger partial charge in [-0.15, -0.1) is 0 Å². The predicted molar refractivity (Wildman–Crippen MR) is 118 cm³/mol. The van der Waals surface area contributed by atoms with E-state index in [1.165, 1.54) is 4.90 Å². The van der Waals surface area contributed by atoms with Gasteiger partial charge in [-0.1, -0.05) is 23.7 Å². The Hall–Kier alpha value is -2.73. The van der Waals surface area contributed by atoms with Crippen molar-refractivity contribution in [2.45, 2.75) is 46.3 Å². The lowest BCUT2D eigenvalue weighted by atomic mass is 10.1. The van der Waals surface area contributed by atoms with E-state index in [0.29, 0.717) is 16.5 Å². The molecule has 7 heteroatoms. The van der Waals surface area contributed by atoms with Crippen LogP contribution in [-0.4, -0.2) is 42.5 Å². The van der Waals surface area contributed by atoms with E-state index >= 15 is 0 Å². The fourth-order valence-electron chi connectivity index (χ4n) is 2.89. The number of hydrogen-bond acceptors (Lipinski definition) is 4. The van der Waals surface area contributed by atoms with Gasteiger partial charge in [0.1, 0.15) is 17.5 Å². The summed E-state index contributed by atoms with van der Waals surface area (Å²) in [6.45, 7) is 7.40. The van der Waals surface area contributed by atoms with Crippen LogP contribution in [0.5, 0.6) is 11.5 Å². The van der Waals surface area contributed by atoms with Gasteiger partial charge in [-0.2, -0.15) is 0 Å². The summed E-state index contributed by atoms with van der Waals surface area (Å²) in [7, 11) is 1.59. The van der Waals surface area contributed by atoms with E-state index in [9.17, 15) is 9.59 Å². The number of carbonyl (C=O) groups is 2. The number of halogens is 1. The van der Waals surface area contributed by atoms with Gasteiger partial charge < -0.3 is 19.7 Å². The van der Waals surface area contributed by atoms with Gasteiger partial charge in [0.25, 0.3) is 5.91 Å². The van der Waals surface area contributed by atoms with E-state index in [1.807, 2.05) is 45.0 Å². The van der Waals surface area contributed by atoms with Gasteiger partial charge in [0.15, 0.2) is 6.61 Å². The first-order chi connectivity index (χ1) is 14.2. The first-order valence-electron chi connectivity index (χ1n) is 9.83. The maximum Gasteiger partial charge on any atom is 0.261 e. The molecular formula is C23H29ClN2O4. The molecule has 0 spiro atoms. The molecule has 2 rings (SSSR count). The molecule has 2 aromatic rings. The topological polar surface area (TPSA) is 67.9 Å². The lowest BCUT2D eigenvalue weighted by Gasteiger charge is -2.29. The zero-order valence-corrected chi connectivity index (χ0v) is 18.8. The Balaban J connectivity index is 2.18. The molecule has 6 nitrogen and oxygen atoms in total. The summed E-state index contributed by atoms with van der Waals surface area (Å²) in [5.41, 5.74) is 1.72. The molecule has 0 aliphatic rings. The molecule has 0 radical (unpaired) electrons. The van der Waals surface area contributed by atoms with Crippen molar-refractivity contribution in [3.8, 4) is 11.5 Å². The number of rotatable bonds is 9. The Labute approximate surface area is 183 Å². The van der Waals surface area contributed by atoms with Gasteiger partial charge in [0.2, 0.25) is 5.91 Å². The number of nitrogens with one attached hydrogen (secondary N) is 1. The number of nitrogens with zero attached hydrogens (tertiary/aromatic N) is 1. The van der Waals surface area contributed by atoms with Gasteiger partial charge in [-0.25, -0.2) is 0 Å². The van der Waals surface area contributed by atoms with Crippen molar-refractivity contribution in [2.24, 2.45) is 0 Å². The lowest BCUT2D eigenvalue weighted by molar-refractivity contribution is -0.142. The monoisotopic (exact) mass is 432 g/mol. The van der Waals surface area contributed by atoms with E-state index in [4.69, 9.17) is 21.1 Å². The van der Waals surface area contributed by atoms with E-state index in [2.05, 4.69) is 5.32 Å². The van der Waals surface area contributed by atoms with Crippen LogP contribution in [0.1, 0.15) is 31.9 Å². The molecule has 0 unspecified atom stereocenters. The van der Waals surface area contributed by atoms with Crippen LogP contribution in [0.15, 0.2) is 42.5 Å². The number of methoxy groups -OCH3 is 1. The zero-order chi connectivity index (χ0) is 22.3. The van der Waals surface area contributed by atoms with E-state index in [0.717, 1.165) is 11.1 Å². The van der Waals surface area contributed by atoms with Crippen molar-refractivity contribution in [2.75, 3.05) is 13.7 Å². The van der Waals surface area contributed by atoms with Gasteiger partial charge >= 0.3 is 0 Å². The molecule has 1 atom stereocenters. The highest BCUT2D eigenvalue weighted by molar-refractivity contribution is 6.31. The molecule has 30 heavy (non-hydrogen) atoms. The average Bonchev–Trinajstić information content (AvgIpc) is 2.71. The molecule has 0 aliphatic heterocycles.